The summed E-state index contributed by atoms with van der Waals surface area (Å²) < 4.78 is 5.24. The predicted molar refractivity (Wildman–Crippen MR) is 55.9 cm³/mol. The van der Waals surface area contributed by atoms with Crippen LogP contribution in [0.5, 0.6) is 0 Å². The highest BCUT2D eigenvalue weighted by Crippen LogP contribution is 2.21. The minimum Gasteiger partial charge on any atom is -0.464 e. The number of rotatable bonds is 3. The second kappa shape index (κ2) is 3.84. The molecular formula is C11H10N2O. The molecular weight excluding hydrogens is 176 g/mol. The summed E-state index contributed by atoms with van der Waals surface area (Å²) in [5.41, 5.74) is 0.836. The molecule has 1 N–H and O–H groups in total. The first-order valence-corrected chi connectivity index (χ1v) is 4.41. The lowest BCUT2D eigenvalue weighted by molar-refractivity contribution is 0.615. The first-order chi connectivity index (χ1) is 6.92. The lowest BCUT2D eigenvalue weighted by Crippen LogP contribution is -2.02. The summed E-state index contributed by atoms with van der Waals surface area (Å²) in [6.07, 6.45) is 9.21. The average Bonchev–Trinajstić information content (AvgIpc) is 2.67. The van der Waals surface area contributed by atoms with Gasteiger partial charge in [-0.15, -0.1) is 12.3 Å². The third kappa shape index (κ3) is 1.55. The van der Waals surface area contributed by atoms with Crippen LogP contribution >= 0.6 is 0 Å². The van der Waals surface area contributed by atoms with Crippen molar-refractivity contribution in [2.45, 2.75) is 6.42 Å². The van der Waals surface area contributed by atoms with Crippen LogP contribution in [-0.4, -0.2) is 11.5 Å². The fourth-order valence-electron chi connectivity index (χ4n) is 1.29. The van der Waals surface area contributed by atoms with Crippen LogP contribution < -0.4 is 5.32 Å². The number of furan rings is 1. The van der Waals surface area contributed by atoms with Crippen LogP contribution in [0, 0.1) is 12.3 Å². The second-order valence-electron chi connectivity index (χ2n) is 2.87. The van der Waals surface area contributed by atoms with Gasteiger partial charge in [0, 0.05) is 19.2 Å². The smallest absolute Gasteiger partial charge is 0.139 e. The molecule has 0 aliphatic rings. The molecule has 2 aromatic rings. The maximum Gasteiger partial charge on any atom is 0.139 e. The maximum atomic E-state index is 5.24. The second-order valence-corrected chi connectivity index (χ2v) is 2.87. The molecule has 0 saturated heterocycles. The van der Waals surface area contributed by atoms with Crippen molar-refractivity contribution in [3.05, 3.63) is 24.6 Å². The van der Waals surface area contributed by atoms with Gasteiger partial charge >= 0.3 is 0 Å². The lowest BCUT2D eigenvalue weighted by Gasteiger charge is -2.02. The van der Waals surface area contributed by atoms with E-state index in [-0.39, 0.29) is 0 Å². The van der Waals surface area contributed by atoms with E-state index < -0.39 is 0 Å². The molecule has 0 radical (unpaired) electrons. The molecule has 0 unspecified atom stereocenters. The van der Waals surface area contributed by atoms with Crippen LogP contribution in [0.1, 0.15) is 6.42 Å². The zero-order chi connectivity index (χ0) is 9.80. The monoisotopic (exact) mass is 186 g/mol. The zero-order valence-corrected chi connectivity index (χ0v) is 7.66. The summed E-state index contributed by atoms with van der Waals surface area (Å²) in [6.45, 7) is 0.730. The van der Waals surface area contributed by atoms with E-state index in [1.807, 2.05) is 12.1 Å². The number of fused-ring (bicyclic) bond motifs is 1. The van der Waals surface area contributed by atoms with E-state index in [1.54, 1.807) is 12.5 Å². The van der Waals surface area contributed by atoms with Gasteiger partial charge in [-0.25, -0.2) is 4.98 Å². The van der Waals surface area contributed by atoms with Crippen molar-refractivity contribution in [2.75, 3.05) is 11.9 Å². The van der Waals surface area contributed by atoms with Crippen molar-refractivity contribution >= 4 is 16.8 Å². The molecule has 70 valence electrons. The molecule has 0 atom stereocenters. The number of aromatic nitrogens is 1. The Labute approximate surface area is 82.1 Å². The molecule has 0 saturated carbocycles. The van der Waals surface area contributed by atoms with Gasteiger partial charge in [0.2, 0.25) is 0 Å². The van der Waals surface area contributed by atoms with Crippen LogP contribution in [-0.2, 0) is 0 Å². The van der Waals surface area contributed by atoms with Gasteiger partial charge in [0.25, 0.3) is 0 Å². The van der Waals surface area contributed by atoms with E-state index in [0.29, 0.717) is 6.42 Å². The van der Waals surface area contributed by atoms with Crippen LogP contribution in [0.2, 0.25) is 0 Å². The minimum atomic E-state index is 0.690. The van der Waals surface area contributed by atoms with Gasteiger partial charge in [0.1, 0.15) is 11.4 Å². The SMILES string of the molecule is C#CCCNc1nccc2occc12. The summed E-state index contributed by atoms with van der Waals surface area (Å²) >= 11 is 0. The number of nitrogens with one attached hydrogen (secondary N) is 1. The van der Waals surface area contributed by atoms with E-state index in [1.165, 1.54) is 0 Å². The fourth-order valence-corrected chi connectivity index (χ4v) is 1.29. The number of hydrogen-bond donors (Lipinski definition) is 1. The van der Waals surface area contributed by atoms with E-state index in [0.717, 1.165) is 23.3 Å². The van der Waals surface area contributed by atoms with E-state index in [9.17, 15) is 0 Å². The van der Waals surface area contributed by atoms with E-state index >= 15 is 0 Å². The van der Waals surface area contributed by atoms with Gasteiger partial charge in [-0.3, -0.25) is 0 Å². The van der Waals surface area contributed by atoms with Gasteiger partial charge in [-0.1, -0.05) is 0 Å². The van der Waals surface area contributed by atoms with E-state index in [2.05, 4.69) is 16.2 Å². The van der Waals surface area contributed by atoms with Gasteiger partial charge in [-0.05, 0) is 12.1 Å². The molecule has 3 nitrogen and oxygen atoms in total. The molecule has 0 spiro atoms. The molecule has 0 fully saturated rings. The highest BCUT2D eigenvalue weighted by atomic mass is 16.3. The predicted octanol–water partition coefficient (Wildman–Crippen LogP) is 2.26. The first kappa shape index (κ1) is 8.64. The third-order valence-corrected chi connectivity index (χ3v) is 1.94. The van der Waals surface area contributed by atoms with Crippen molar-refractivity contribution in [3.63, 3.8) is 0 Å². The molecule has 0 bridgehead atoms. The van der Waals surface area contributed by atoms with Crippen LogP contribution in [0.3, 0.4) is 0 Å². The van der Waals surface area contributed by atoms with Crippen molar-refractivity contribution in [2.24, 2.45) is 0 Å². The minimum absolute atomic E-state index is 0.690. The van der Waals surface area contributed by atoms with Crippen molar-refractivity contribution in [1.29, 1.82) is 0 Å². The Balaban J connectivity index is 2.24. The normalized spacial score (nSPS) is 9.93. The highest BCUT2D eigenvalue weighted by molar-refractivity contribution is 5.87. The zero-order valence-electron chi connectivity index (χ0n) is 7.66. The summed E-state index contributed by atoms with van der Waals surface area (Å²) in [5, 5.41) is 4.15. The Kier molecular flexibility index (Phi) is 2.37. The van der Waals surface area contributed by atoms with Gasteiger partial charge in [-0.2, -0.15) is 0 Å². The van der Waals surface area contributed by atoms with Gasteiger partial charge in [0.15, 0.2) is 0 Å². The summed E-state index contributed by atoms with van der Waals surface area (Å²) in [5.74, 6) is 3.39. The molecule has 0 aromatic carbocycles. The van der Waals surface area contributed by atoms with Crippen LogP contribution in [0.15, 0.2) is 29.0 Å². The lowest BCUT2D eigenvalue weighted by atomic mass is 10.3. The van der Waals surface area contributed by atoms with Crippen LogP contribution in [0.4, 0.5) is 5.82 Å². The topological polar surface area (TPSA) is 38.1 Å². The largest absolute Gasteiger partial charge is 0.464 e. The van der Waals surface area contributed by atoms with Gasteiger partial charge < -0.3 is 9.73 Å². The fraction of sp³-hybridized carbons (Fsp3) is 0.182. The molecule has 0 aliphatic carbocycles. The maximum absolute atomic E-state index is 5.24. The Morgan fingerprint density at radius 1 is 1.50 bits per heavy atom. The van der Waals surface area contributed by atoms with Crippen molar-refractivity contribution in [3.8, 4) is 12.3 Å². The number of anilines is 1. The number of terminal acetylenes is 1. The molecule has 0 amide bonds. The number of nitrogens with zero attached hydrogens (tertiary/aromatic N) is 1. The standard InChI is InChI=1S/C11H10N2O/c1-2-3-6-12-11-9-5-8-14-10(9)4-7-13-11/h1,4-5,7-8H,3,6H2,(H,12,13). The van der Waals surface area contributed by atoms with Crippen molar-refractivity contribution in [1.82, 2.24) is 4.98 Å². The first-order valence-electron chi connectivity index (χ1n) is 4.41. The number of hydrogen-bond acceptors (Lipinski definition) is 3. The van der Waals surface area contributed by atoms with Crippen LogP contribution in [0.25, 0.3) is 11.0 Å². The van der Waals surface area contributed by atoms with Gasteiger partial charge in [0.05, 0.1) is 11.6 Å². The van der Waals surface area contributed by atoms with E-state index in [4.69, 9.17) is 10.8 Å². The van der Waals surface area contributed by atoms with Crippen molar-refractivity contribution < 1.29 is 4.42 Å². The molecule has 2 aromatic heterocycles. The quantitative estimate of drug-likeness (QED) is 0.590. The molecule has 14 heavy (non-hydrogen) atoms. The Bertz CT molecular complexity index is 467. The molecule has 3 heteroatoms. The Morgan fingerprint density at radius 2 is 2.43 bits per heavy atom. The summed E-state index contributed by atoms with van der Waals surface area (Å²) in [6, 6.07) is 3.72. The third-order valence-electron chi connectivity index (χ3n) is 1.94. The Morgan fingerprint density at radius 3 is 3.29 bits per heavy atom. The Hall–Kier alpha value is -1.95. The average molecular weight is 186 g/mol. The molecule has 2 rings (SSSR count). The highest BCUT2D eigenvalue weighted by Gasteiger charge is 2.02. The summed E-state index contributed by atoms with van der Waals surface area (Å²) in [7, 11) is 0. The number of pyridine rings is 1. The molecule has 0 aliphatic heterocycles. The summed E-state index contributed by atoms with van der Waals surface area (Å²) in [4.78, 5) is 4.21. The molecule has 2 heterocycles.